The van der Waals surface area contributed by atoms with E-state index in [1.165, 1.54) is 5.56 Å². The Bertz CT molecular complexity index is 682. The number of guanidine groups is 1. The second kappa shape index (κ2) is 11.3. The zero-order valence-corrected chi connectivity index (χ0v) is 18.7. The monoisotopic (exact) mass is 415 g/mol. The molecule has 2 saturated heterocycles. The molecule has 0 bridgehead atoms. The number of piperazine rings is 1. The van der Waals surface area contributed by atoms with E-state index in [1.54, 1.807) is 0 Å². The van der Waals surface area contributed by atoms with E-state index in [-0.39, 0.29) is 12.0 Å². The molecule has 30 heavy (non-hydrogen) atoms. The Hall–Kier alpha value is -2.12. The molecule has 1 aromatic rings. The first-order chi connectivity index (χ1) is 14.6. The van der Waals surface area contributed by atoms with Gasteiger partial charge in [0.15, 0.2) is 5.96 Å². The van der Waals surface area contributed by atoms with E-state index in [0.717, 1.165) is 64.6 Å². The molecule has 0 aromatic heterocycles. The van der Waals surface area contributed by atoms with Crippen LogP contribution in [-0.2, 0) is 16.1 Å². The molecule has 0 aliphatic carbocycles. The van der Waals surface area contributed by atoms with Crippen molar-refractivity contribution in [2.75, 3.05) is 52.9 Å². The maximum Gasteiger partial charge on any atom is 0.251 e. The van der Waals surface area contributed by atoms with Gasteiger partial charge < -0.3 is 19.9 Å². The summed E-state index contributed by atoms with van der Waals surface area (Å²) in [6, 6.07) is 10.9. The molecule has 7 heteroatoms. The van der Waals surface area contributed by atoms with E-state index in [2.05, 4.69) is 60.3 Å². The third-order valence-electron chi connectivity index (χ3n) is 5.96. The quantitative estimate of drug-likeness (QED) is 0.544. The zero-order valence-electron chi connectivity index (χ0n) is 18.7. The number of aliphatic imine (C=N–C) groups is 1. The topological polar surface area (TPSA) is 60.4 Å². The highest BCUT2D eigenvalue weighted by Gasteiger charge is 2.30. The van der Waals surface area contributed by atoms with E-state index in [0.29, 0.717) is 12.6 Å². The second-order valence-corrected chi connectivity index (χ2v) is 8.26. The summed E-state index contributed by atoms with van der Waals surface area (Å²) in [5.41, 5.74) is 1.31. The summed E-state index contributed by atoms with van der Waals surface area (Å²) in [7, 11) is 2.15. The number of rotatable bonds is 7. The standard InChI is InChI=1S/C23H37N5O2/c1-4-24-23(25-17-19(2)26(3)18-20-9-6-5-7-10-20)28-14-12-27(13-15-28)22(29)21-11-8-16-30-21/h5-7,9-10,19,21H,4,8,11-18H2,1-3H3,(H,24,25). The Morgan fingerprint density at radius 2 is 1.93 bits per heavy atom. The molecule has 1 aromatic carbocycles. The van der Waals surface area contributed by atoms with Crippen LogP contribution in [0.15, 0.2) is 35.3 Å². The largest absolute Gasteiger partial charge is 0.368 e. The van der Waals surface area contributed by atoms with Gasteiger partial charge in [-0.15, -0.1) is 0 Å². The van der Waals surface area contributed by atoms with Crippen molar-refractivity contribution in [3.05, 3.63) is 35.9 Å². The third-order valence-corrected chi connectivity index (χ3v) is 5.96. The number of hydrogen-bond acceptors (Lipinski definition) is 4. The third kappa shape index (κ3) is 6.19. The first-order valence-corrected chi connectivity index (χ1v) is 11.3. The van der Waals surface area contributed by atoms with E-state index in [4.69, 9.17) is 9.73 Å². The Morgan fingerprint density at radius 1 is 1.23 bits per heavy atom. The van der Waals surface area contributed by atoms with Crippen LogP contribution in [0.25, 0.3) is 0 Å². The van der Waals surface area contributed by atoms with Gasteiger partial charge in [-0.1, -0.05) is 30.3 Å². The van der Waals surface area contributed by atoms with Gasteiger partial charge in [0.2, 0.25) is 0 Å². The molecule has 0 spiro atoms. The number of hydrogen-bond donors (Lipinski definition) is 1. The fourth-order valence-corrected chi connectivity index (χ4v) is 3.93. The smallest absolute Gasteiger partial charge is 0.251 e. The summed E-state index contributed by atoms with van der Waals surface area (Å²) in [6.45, 7) is 10.6. The Balaban J connectivity index is 1.50. The Morgan fingerprint density at radius 3 is 2.57 bits per heavy atom. The summed E-state index contributed by atoms with van der Waals surface area (Å²) in [5, 5.41) is 3.42. The maximum absolute atomic E-state index is 12.6. The van der Waals surface area contributed by atoms with Crippen LogP contribution in [0.2, 0.25) is 0 Å². The van der Waals surface area contributed by atoms with Crippen LogP contribution in [0.5, 0.6) is 0 Å². The molecule has 166 valence electrons. The van der Waals surface area contributed by atoms with Gasteiger partial charge in [-0.25, -0.2) is 0 Å². The predicted molar refractivity (Wildman–Crippen MR) is 120 cm³/mol. The van der Waals surface area contributed by atoms with Crippen molar-refractivity contribution < 1.29 is 9.53 Å². The minimum atomic E-state index is -0.223. The lowest BCUT2D eigenvalue weighted by molar-refractivity contribution is -0.142. The maximum atomic E-state index is 12.6. The van der Waals surface area contributed by atoms with Crippen molar-refractivity contribution in [3.8, 4) is 0 Å². The summed E-state index contributed by atoms with van der Waals surface area (Å²) < 4.78 is 5.57. The van der Waals surface area contributed by atoms with Crippen molar-refractivity contribution in [1.82, 2.24) is 20.0 Å². The van der Waals surface area contributed by atoms with Crippen LogP contribution in [0.1, 0.15) is 32.3 Å². The highest BCUT2D eigenvalue weighted by atomic mass is 16.5. The normalized spacial score (nSPS) is 21.2. The molecule has 1 N–H and O–H groups in total. The van der Waals surface area contributed by atoms with Crippen molar-refractivity contribution in [2.45, 2.75) is 45.4 Å². The number of likely N-dealkylation sites (N-methyl/N-ethyl adjacent to an activating group) is 1. The molecule has 7 nitrogen and oxygen atoms in total. The van der Waals surface area contributed by atoms with Crippen LogP contribution >= 0.6 is 0 Å². The summed E-state index contributed by atoms with van der Waals surface area (Å²) in [5.74, 6) is 1.10. The zero-order chi connectivity index (χ0) is 21.3. The minimum absolute atomic E-state index is 0.158. The lowest BCUT2D eigenvalue weighted by Gasteiger charge is -2.37. The Labute approximate surface area is 181 Å². The van der Waals surface area contributed by atoms with E-state index in [1.807, 2.05) is 11.0 Å². The molecule has 2 heterocycles. The first kappa shape index (κ1) is 22.6. The molecular weight excluding hydrogens is 378 g/mol. The van der Waals surface area contributed by atoms with E-state index in [9.17, 15) is 4.79 Å². The number of carbonyl (C=O) groups excluding carboxylic acids is 1. The van der Waals surface area contributed by atoms with Crippen LogP contribution in [-0.4, -0.2) is 91.6 Å². The number of nitrogens with one attached hydrogen (secondary N) is 1. The summed E-state index contributed by atoms with van der Waals surface area (Å²) in [6.07, 6.45) is 1.63. The SMILES string of the molecule is CCNC(=NCC(C)N(C)Cc1ccccc1)N1CCN(C(=O)C2CCCO2)CC1. The van der Waals surface area contributed by atoms with Crippen molar-refractivity contribution >= 4 is 11.9 Å². The molecule has 2 aliphatic rings. The fourth-order valence-electron chi connectivity index (χ4n) is 3.93. The van der Waals surface area contributed by atoms with Gasteiger partial charge in [-0.2, -0.15) is 0 Å². The van der Waals surface area contributed by atoms with E-state index < -0.39 is 0 Å². The van der Waals surface area contributed by atoms with Gasteiger partial charge in [-0.3, -0.25) is 14.7 Å². The Kier molecular flexibility index (Phi) is 8.51. The molecule has 2 unspecified atom stereocenters. The van der Waals surface area contributed by atoms with Crippen LogP contribution in [0.4, 0.5) is 0 Å². The fraction of sp³-hybridized carbons (Fsp3) is 0.652. The summed E-state index contributed by atoms with van der Waals surface area (Å²) in [4.78, 5) is 24.0. The lowest BCUT2D eigenvalue weighted by atomic mass is 10.2. The van der Waals surface area contributed by atoms with Crippen LogP contribution < -0.4 is 5.32 Å². The number of carbonyl (C=O) groups is 1. The van der Waals surface area contributed by atoms with Crippen LogP contribution in [0, 0.1) is 0 Å². The van der Waals surface area contributed by atoms with Gasteiger partial charge in [0.25, 0.3) is 5.91 Å². The van der Waals surface area contributed by atoms with Gasteiger partial charge in [0, 0.05) is 51.9 Å². The van der Waals surface area contributed by atoms with Gasteiger partial charge in [0.1, 0.15) is 6.10 Å². The van der Waals surface area contributed by atoms with Gasteiger partial charge in [-0.05, 0) is 39.3 Å². The molecular formula is C23H37N5O2. The van der Waals surface area contributed by atoms with Crippen molar-refractivity contribution in [2.24, 2.45) is 4.99 Å². The average molecular weight is 416 g/mol. The highest BCUT2D eigenvalue weighted by Crippen LogP contribution is 2.16. The molecule has 3 rings (SSSR count). The lowest BCUT2D eigenvalue weighted by Crippen LogP contribution is -2.55. The first-order valence-electron chi connectivity index (χ1n) is 11.3. The number of ether oxygens (including phenoxy) is 1. The molecule has 1 amide bonds. The number of amides is 1. The minimum Gasteiger partial charge on any atom is -0.368 e. The molecule has 0 radical (unpaired) electrons. The molecule has 0 saturated carbocycles. The van der Waals surface area contributed by atoms with Crippen molar-refractivity contribution in [3.63, 3.8) is 0 Å². The van der Waals surface area contributed by atoms with Gasteiger partial charge >= 0.3 is 0 Å². The van der Waals surface area contributed by atoms with E-state index >= 15 is 0 Å². The average Bonchev–Trinajstić information content (AvgIpc) is 3.31. The van der Waals surface area contributed by atoms with Crippen molar-refractivity contribution in [1.29, 1.82) is 0 Å². The molecule has 2 fully saturated rings. The predicted octanol–water partition coefficient (Wildman–Crippen LogP) is 1.80. The van der Waals surface area contributed by atoms with Gasteiger partial charge in [0.05, 0.1) is 6.54 Å². The molecule has 2 aliphatic heterocycles. The molecule has 2 atom stereocenters. The highest BCUT2D eigenvalue weighted by molar-refractivity contribution is 5.82. The van der Waals surface area contributed by atoms with Crippen LogP contribution in [0.3, 0.4) is 0 Å². The number of benzene rings is 1. The summed E-state index contributed by atoms with van der Waals surface area (Å²) >= 11 is 0. The number of nitrogens with zero attached hydrogens (tertiary/aromatic N) is 4. The second-order valence-electron chi connectivity index (χ2n) is 8.26.